The minimum atomic E-state index is -0.356. The van der Waals surface area contributed by atoms with Gasteiger partial charge in [0.2, 0.25) is 0 Å². The molecule has 0 aliphatic heterocycles. The van der Waals surface area contributed by atoms with Gasteiger partial charge in [0.05, 0.1) is 23.0 Å². The summed E-state index contributed by atoms with van der Waals surface area (Å²) in [6, 6.07) is 22.3. The summed E-state index contributed by atoms with van der Waals surface area (Å²) >= 11 is 9.47. The number of halogens is 2. The molecule has 2 N–H and O–H groups in total. The van der Waals surface area contributed by atoms with E-state index in [0.29, 0.717) is 28.8 Å². The van der Waals surface area contributed by atoms with Crippen molar-refractivity contribution in [1.29, 1.82) is 0 Å². The second-order valence-electron chi connectivity index (χ2n) is 7.35. The molecule has 3 aromatic carbocycles. The van der Waals surface area contributed by atoms with Gasteiger partial charge in [0.15, 0.2) is 0 Å². The first-order valence-corrected chi connectivity index (χ1v) is 11.5. The number of anilines is 2. The van der Waals surface area contributed by atoms with Gasteiger partial charge >= 0.3 is 6.03 Å². The summed E-state index contributed by atoms with van der Waals surface area (Å²) in [6.45, 7) is 0.524. The van der Waals surface area contributed by atoms with Gasteiger partial charge in [0.1, 0.15) is 5.75 Å². The highest BCUT2D eigenvalue weighted by Gasteiger charge is 2.16. The minimum absolute atomic E-state index is 0.356. The molecule has 0 spiro atoms. The molecule has 8 heteroatoms. The van der Waals surface area contributed by atoms with Crippen molar-refractivity contribution in [2.75, 3.05) is 17.2 Å². The number of ether oxygens (including phenoxy) is 1. The summed E-state index contributed by atoms with van der Waals surface area (Å²) in [5.41, 5.74) is 4.15. The van der Waals surface area contributed by atoms with Crippen LogP contribution in [0.2, 0.25) is 5.02 Å². The van der Waals surface area contributed by atoms with Crippen LogP contribution >= 0.6 is 27.5 Å². The molecule has 2 amide bonds. The molecule has 168 valence electrons. The number of aryl methyl sites for hydroxylation is 1. The van der Waals surface area contributed by atoms with Gasteiger partial charge in [0, 0.05) is 35.4 Å². The number of rotatable bonds is 7. The smallest absolute Gasteiger partial charge is 0.323 e. The van der Waals surface area contributed by atoms with Crippen LogP contribution < -0.4 is 15.4 Å². The van der Waals surface area contributed by atoms with Gasteiger partial charge in [-0.15, -0.1) is 0 Å². The lowest BCUT2D eigenvalue weighted by molar-refractivity contribution is 0.262. The summed E-state index contributed by atoms with van der Waals surface area (Å²) in [6.07, 6.45) is 2.52. The zero-order valence-electron chi connectivity index (χ0n) is 17.9. The Morgan fingerprint density at radius 3 is 2.42 bits per heavy atom. The first kappa shape index (κ1) is 22.9. The van der Waals surface area contributed by atoms with Crippen LogP contribution in [0.5, 0.6) is 5.75 Å². The normalized spacial score (nSPS) is 10.6. The van der Waals surface area contributed by atoms with Crippen LogP contribution in [0.4, 0.5) is 16.2 Å². The number of benzene rings is 3. The molecule has 0 unspecified atom stereocenters. The molecule has 0 atom stereocenters. The fourth-order valence-electron chi connectivity index (χ4n) is 3.38. The zero-order chi connectivity index (χ0) is 23.2. The number of hydrogen-bond donors (Lipinski definition) is 2. The van der Waals surface area contributed by atoms with Crippen molar-refractivity contribution in [3.05, 3.63) is 94.1 Å². The molecule has 33 heavy (non-hydrogen) atoms. The summed E-state index contributed by atoms with van der Waals surface area (Å²) in [4.78, 5) is 12.5. The molecule has 4 aromatic rings. The predicted molar refractivity (Wildman–Crippen MR) is 136 cm³/mol. The van der Waals surface area contributed by atoms with E-state index >= 15 is 0 Å². The van der Waals surface area contributed by atoms with Gasteiger partial charge in [0.25, 0.3) is 0 Å². The van der Waals surface area contributed by atoms with Crippen LogP contribution in [-0.4, -0.2) is 22.4 Å². The molecule has 0 aliphatic carbocycles. The van der Waals surface area contributed by atoms with Gasteiger partial charge in [-0.05, 0) is 64.0 Å². The largest absolute Gasteiger partial charge is 0.493 e. The van der Waals surface area contributed by atoms with Crippen LogP contribution in [0.1, 0.15) is 5.56 Å². The maximum absolute atomic E-state index is 12.5. The van der Waals surface area contributed by atoms with Crippen LogP contribution in [0, 0.1) is 0 Å². The number of nitrogens with one attached hydrogen (secondary N) is 2. The lowest BCUT2D eigenvalue weighted by Crippen LogP contribution is -2.19. The summed E-state index contributed by atoms with van der Waals surface area (Å²) in [5.74, 6) is 0.707. The van der Waals surface area contributed by atoms with E-state index in [4.69, 9.17) is 16.3 Å². The third-order valence-corrected chi connectivity index (χ3v) is 5.81. The first-order valence-electron chi connectivity index (χ1n) is 10.3. The average molecular weight is 526 g/mol. The number of carbonyl (C=O) groups excluding carboxylic acids is 1. The van der Waals surface area contributed by atoms with Crippen molar-refractivity contribution < 1.29 is 9.53 Å². The molecular weight excluding hydrogens is 504 g/mol. The van der Waals surface area contributed by atoms with Gasteiger partial charge in [-0.25, -0.2) is 4.79 Å². The van der Waals surface area contributed by atoms with E-state index in [1.165, 1.54) is 5.56 Å². The lowest BCUT2D eigenvalue weighted by Gasteiger charge is -2.15. The maximum Gasteiger partial charge on any atom is 0.323 e. The highest BCUT2D eigenvalue weighted by molar-refractivity contribution is 9.10. The molecule has 0 bridgehead atoms. The number of hydrogen-bond acceptors (Lipinski definition) is 3. The second-order valence-corrected chi connectivity index (χ2v) is 8.64. The SMILES string of the molecule is Cn1ncc(Br)c1-c1cc(NC(=O)Nc2ccc(Cl)cc2)ccc1OCCc1ccccc1. The number of carbonyl (C=O) groups is 1. The average Bonchev–Trinajstić information content (AvgIpc) is 3.14. The van der Waals surface area contributed by atoms with Gasteiger partial charge in [-0.2, -0.15) is 5.10 Å². The number of aromatic nitrogens is 2. The maximum atomic E-state index is 12.5. The van der Waals surface area contributed by atoms with Crippen molar-refractivity contribution >= 4 is 44.9 Å². The quantitative estimate of drug-likeness (QED) is 0.280. The van der Waals surface area contributed by atoms with Crippen LogP contribution in [0.15, 0.2) is 83.5 Å². The van der Waals surface area contributed by atoms with Gasteiger partial charge < -0.3 is 15.4 Å². The molecule has 0 saturated heterocycles. The monoisotopic (exact) mass is 524 g/mol. The Bertz CT molecular complexity index is 1220. The number of urea groups is 1. The number of nitrogens with zero attached hydrogens (tertiary/aromatic N) is 2. The van der Waals surface area contributed by atoms with Crippen molar-refractivity contribution in [3.8, 4) is 17.0 Å². The highest BCUT2D eigenvalue weighted by atomic mass is 79.9. The van der Waals surface area contributed by atoms with E-state index in [1.807, 2.05) is 43.4 Å². The Labute approximate surface area is 205 Å². The second kappa shape index (κ2) is 10.6. The Hall–Kier alpha value is -3.29. The molecule has 1 heterocycles. The Kier molecular flexibility index (Phi) is 7.32. The van der Waals surface area contributed by atoms with Crippen LogP contribution in [-0.2, 0) is 13.5 Å². The van der Waals surface area contributed by atoms with E-state index in [-0.39, 0.29) is 6.03 Å². The molecule has 0 aliphatic rings. The molecular formula is C25H22BrClN4O2. The van der Waals surface area contributed by atoms with Crippen molar-refractivity contribution in [2.45, 2.75) is 6.42 Å². The standard InChI is InChI=1S/C25H22BrClN4O2/c1-31-24(22(26)16-28-31)21-15-20(30-25(32)29-19-9-7-18(27)8-10-19)11-12-23(21)33-14-13-17-5-3-2-4-6-17/h2-12,15-16H,13-14H2,1H3,(H2,29,30,32). The zero-order valence-corrected chi connectivity index (χ0v) is 20.2. The molecule has 0 saturated carbocycles. The predicted octanol–water partition coefficient (Wildman–Crippen LogP) is 6.77. The Morgan fingerprint density at radius 1 is 1.03 bits per heavy atom. The van der Waals surface area contributed by atoms with Crippen molar-refractivity contribution in [1.82, 2.24) is 9.78 Å². The molecule has 6 nitrogen and oxygen atoms in total. The van der Waals surface area contributed by atoms with E-state index < -0.39 is 0 Å². The van der Waals surface area contributed by atoms with Crippen molar-refractivity contribution in [2.24, 2.45) is 7.05 Å². The number of amides is 2. The molecule has 0 radical (unpaired) electrons. The topological polar surface area (TPSA) is 68.2 Å². The molecule has 0 fully saturated rings. The Morgan fingerprint density at radius 2 is 1.73 bits per heavy atom. The molecule has 1 aromatic heterocycles. The van der Waals surface area contributed by atoms with E-state index in [9.17, 15) is 4.79 Å². The summed E-state index contributed by atoms with van der Waals surface area (Å²) in [7, 11) is 1.86. The van der Waals surface area contributed by atoms with E-state index in [0.717, 1.165) is 22.2 Å². The Balaban J connectivity index is 1.53. The highest BCUT2D eigenvalue weighted by Crippen LogP contribution is 2.36. The molecule has 4 rings (SSSR count). The summed E-state index contributed by atoms with van der Waals surface area (Å²) < 4.78 is 8.74. The van der Waals surface area contributed by atoms with Gasteiger partial charge in [-0.1, -0.05) is 41.9 Å². The van der Waals surface area contributed by atoms with Crippen LogP contribution in [0.25, 0.3) is 11.3 Å². The van der Waals surface area contributed by atoms with Crippen molar-refractivity contribution in [3.63, 3.8) is 0 Å². The first-order chi connectivity index (χ1) is 16.0. The lowest BCUT2D eigenvalue weighted by atomic mass is 10.1. The van der Waals surface area contributed by atoms with Crippen LogP contribution in [0.3, 0.4) is 0 Å². The fraction of sp³-hybridized carbons (Fsp3) is 0.120. The third kappa shape index (κ3) is 5.94. The third-order valence-electron chi connectivity index (χ3n) is 4.98. The fourth-order valence-corrected chi connectivity index (χ4v) is 4.07. The van der Waals surface area contributed by atoms with E-state index in [2.05, 4.69) is 43.8 Å². The summed E-state index contributed by atoms with van der Waals surface area (Å²) in [5, 5.41) is 10.6. The van der Waals surface area contributed by atoms with Gasteiger partial charge in [-0.3, -0.25) is 4.68 Å². The van der Waals surface area contributed by atoms with E-state index in [1.54, 1.807) is 35.1 Å². The minimum Gasteiger partial charge on any atom is -0.493 e.